The van der Waals surface area contributed by atoms with Gasteiger partial charge in [-0.15, -0.1) is 0 Å². The molecular formula is C25H21N. The van der Waals surface area contributed by atoms with Crippen LogP contribution in [0.25, 0.3) is 17.0 Å². The van der Waals surface area contributed by atoms with Gasteiger partial charge in [0.1, 0.15) is 0 Å². The Morgan fingerprint density at radius 2 is 1.38 bits per heavy atom. The Balaban J connectivity index is 1.68. The van der Waals surface area contributed by atoms with E-state index in [-0.39, 0.29) is 5.92 Å². The van der Waals surface area contributed by atoms with Crippen LogP contribution in [0.4, 0.5) is 0 Å². The first-order valence-electron chi connectivity index (χ1n) is 8.93. The van der Waals surface area contributed by atoms with Crippen LogP contribution in [0, 0.1) is 0 Å². The Labute approximate surface area is 154 Å². The van der Waals surface area contributed by atoms with Crippen LogP contribution in [-0.4, -0.2) is 4.98 Å². The number of aromatic amines is 1. The van der Waals surface area contributed by atoms with Crippen molar-refractivity contribution in [3.05, 3.63) is 126 Å². The maximum absolute atomic E-state index is 3.40. The summed E-state index contributed by atoms with van der Waals surface area (Å²) in [5, 5.41) is 1.28. The molecule has 1 unspecified atom stereocenters. The molecule has 0 radical (unpaired) electrons. The minimum absolute atomic E-state index is 0.216. The number of hydrogen-bond acceptors (Lipinski definition) is 0. The molecule has 1 atom stereocenters. The van der Waals surface area contributed by atoms with Gasteiger partial charge in [0.2, 0.25) is 0 Å². The van der Waals surface area contributed by atoms with Crippen molar-refractivity contribution in [3.8, 4) is 0 Å². The molecule has 126 valence electrons. The zero-order chi connectivity index (χ0) is 17.6. The van der Waals surface area contributed by atoms with Gasteiger partial charge >= 0.3 is 0 Å². The minimum atomic E-state index is 0.216. The van der Waals surface area contributed by atoms with Crippen molar-refractivity contribution < 1.29 is 0 Å². The monoisotopic (exact) mass is 335 g/mol. The molecule has 0 aliphatic heterocycles. The summed E-state index contributed by atoms with van der Waals surface area (Å²) < 4.78 is 0. The van der Waals surface area contributed by atoms with E-state index >= 15 is 0 Å². The molecule has 3 aromatic carbocycles. The van der Waals surface area contributed by atoms with Crippen molar-refractivity contribution in [2.45, 2.75) is 5.92 Å². The van der Waals surface area contributed by atoms with Gasteiger partial charge in [-0.2, -0.15) is 0 Å². The van der Waals surface area contributed by atoms with Crippen LogP contribution in [0.1, 0.15) is 22.6 Å². The number of fused-ring (bicyclic) bond motifs is 1. The van der Waals surface area contributed by atoms with Gasteiger partial charge in [-0.1, -0.05) is 103 Å². The molecule has 0 spiro atoms. The first-order chi connectivity index (χ1) is 12.9. The Bertz CT molecular complexity index is 1020. The smallest absolute Gasteiger partial charge is 0.0457 e. The first kappa shape index (κ1) is 16.2. The molecule has 1 aromatic heterocycles. The van der Waals surface area contributed by atoms with Gasteiger partial charge in [0.05, 0.1) is 0 Å². The van der Waals surface area contributed by atoms with Crippen molar-refractivity contribution in [2.24, 2.45) is 0 Å². The number of para-hydroxylation sites is 1. The highest BCUT2D eigenvalue weighted by molar-refractivity contribution is 5.84. The van der Waals surface area contributed by atoms with Crippen LogP contribution in [0.2, 0.25) is 0 Å². The summed E-state index contributed by atoms with van der Waals surface area (Å²) in [7, 11) is 0. The molecule has 0 aliphatic rings. The normalized spacial score (nSPS) is 12.9. The summed E-state index contributed by atoms with van der Waals surface area (Å²) in [5.41, 5.74) is 4.98. The van der Waals surface area contributed by atoms with Crippen molar-refractivity contribution in [1.29, 1.82) is 0 Å². The van der Waals surface area contributed by atoms with Crippen molar-refractivity contribution in [2.75, 3.05) is 0 Å². The van der Waals surface area contributed by atoms with E-state index in [1.54, 1.807) is 0 Å². The number of aromatic nitrogens is 1. The van der Waals surface area contributed by atoms with E-state index in [4.69, 9.17) is 0 Å². The second kappa shape index (κ2) is 7.71. The molecule has 0 saturated heterocycles. The first-order valence-corrected chi connectivity index (χ1v) is 8.93. The van der Waals surface area contributed by atoms with Gasteiger partial charge in [0.15, 0.2) is 0 Å². The maximum Gasteiger partial charge on any atom is 0.0457 e. The number of allylic oxidation sites excluding steroid dienone is 3. The molecule has 0 fully saturated rings. The van der Waals surface area contributed by atoms with Gasteiger partial charge in [-0.05, 0) is 22.8 Å². The number of hydrogen-bond donors (Lipinski definition) is 1. The van der Waals surface area contributed by atoms with Crippen molar-refractivity contribution >= 4 is 17.0 Å². The molecule has 4 rings (SSSR count). The number of rotatable bonds is 5. The van der Waals surface area contributed by atoms with E-state index < -0.39 is 0 Å². The third-order valence-corrected chi connectivity index (χ3v) is 4.62. The van der Waals surface area contributed by atoms with Crippen LogP contribution in [0.15, 0.2) is 109 Å². The number of nitrogens with one attached hydrogen (secondary N) is 1. The lowest BCUT2D eigenvalue weighted by atomic mass is 9.90. The Hall–Kier alpha value is -3.32. The zero-order valence-corrected chi connectivity index (χ0v) is 14.5. The second-order valence-corrected chi connectivity index (χ2v) is 6.33. The molecule has 1 heteroatoms. The van der Waals surface area contributed by atoms with Gasteiger partial charge in [-0.3, -0.25) is 0 Å². The number of H-pyrrole nitrogens is 1. The SMILES string of the molecule is C(/C=C/C(c1ccccc1)c1c[nH]c2ccccc12)=C\c1ccccc1. The van der Waals surface area contributed by atoms with E-state index in [1.807, 2.05) is 6.07 Å². The third-order valence-electron chi connectivity index (χ3n) is 4.62. The molecule has 0 aliphatic carbocycles. The van der Waals surface area contributed by atoms with Gasteiger partial charge in [0, 0.05) is 23.0 Å². The summed E-state index contributed by atoms with van der Waals surface area (Å²) in [6, 6.07) is 29.5. The van der Waals surface area contributed by atoms with Crippen LogP contribution < -0.4 is 0 Å². The van der Waals surface area contributed by atoms with E-state index in [9.17, 15) is 0 Å². The maximum atomic E-state index is 3.40. The highest BCUT2D eigenvalue weighted by Crippen LogP contribution is 2.31. The summed E-state index contributed by atoms with van der Waals surface area (Å²) >= 11 is 0. The average Bonchev–Trinajstić information content (AvgIpc) is 3.13. The molecule has 0 bridgehead atoms. The van der Waals surface area contributed by atoms with E-state index in [0.717, 1.165) is 0 Å². The third kappa shape index (κ3) is 3.52. The van der Waals surface area contributed by atoms with E-state index in [1.165, 1.54) is 27.6 Å². The fraction of sp³-hybridized carbons (Fsp3) is 0.0400. The van der Waals surface area contributed by atoms with Crippen LogP contribution >= 0.6 is 0 Å². The molecule has 1 N–H and O–H groups in total. The van der Waals surface area contributed by atoms with Crippen molar-refractivity contribution in [1.82, 2.24) is 4.98 Å². The molecule has 26 heavy (non-hydrogen) atoms. The van der Waals surface area contributed by atoms with Crippen LogP contribution in [0.3, 0.4) is 0 Å². The van der Waals surface area contributed by atoms with Gasteiger partial charge in [0.25, 0.3) is 0 Å². The van der Waals surface area contributed by atoms with E-state index in [0.29, 0.717) is 0 Å². The highest BCUT2D eigenvalue weighted by Gasteiger charge is 2.14. The van der Waals surface area contributed by atoms with Gasteiger partial charge < -0.3 is 4.98 Å². The Morgan fingerprint density at radius 1 is 0.692 bits per heavy atom. The Kier molecular flexibility index (Phi) is 4.79. The quantitative estimate of drug-likeness (QED) is 0.397. The standard InChI is InChI=1S/C25H21N/c1-3-11-20(12-4-1)13-7-8-16-22(21-14-5-2-6-15-21)24-19-26-25-18-10-9-17-23(24)25/h1-19,22,26H/b13-7+,16-8+. The lowest BCUT2D eigenvalue weighted by molar-refractivity contribution is 1.04. The zero-order valence-electron chi connectivity index (χ0n) is 14.5. The molecular weight excluding hydrogens is 314 g/mol. The fourth-order valence-corrected chi connectivity index (χ4v) is 3.31. The molecule has 1 heterocycles. The van der Waals surface area contributed by atoms with E-state index in [2.05, 4.69) is 114 Å². The fourth-order valence-electron chi connectivity index (χ4n) is 3.31. The van der Waals surface area contributed by atoms with Crippen LogP contribution in [0.5, 0.6) is 0 Å². The lowest BCUT2D eigenvalue weighted by Gasteiger charge is -2.12. The predicted molar refractivity (Wildman–Crippen MR) is 111 cm³/mol. The molecule has 4 aromatic rings. The summed E-state index contributed by atoms with van der Waals surface area (Å²) in [6.45, 7) is 0. The van der Waals surface area contributed by atoms with Crippen LogP contribution in [-0.2, 0) is 0 Å². The highest BCUT2D eigenvalue weighted by atomic mass is 14.7. The molecule has 0 amide bonds. The average molecular weight is 335 g/mol. The van der Waals surface area contributed by atoms with Gasteiger partial charge in [-0.25, -0.2) is 0 Å². The second-order valence-electron chi connectivity index (χ2n) is 6.33. The lowest BCUT2D eigenvalue weighted by Crippen LogP contribution is -1.96. The number of benzene rings is 3. The minimum Gasteiger partial charge on any atom is -0.361 e. The summed E-state index contributed by atoms with van der Waals surface area (Å²) in [6.07, 6.45) is 10.8. The summed E-state index contributed by atoms with van der Waals surface area (Å²) in [5.74, 6) is 0.216. The predicted octanol–water partition coefficient (Wildman–Crippen LogP) is 6.57. The molecule has 0 saturated carbocycles. The largest absolute Gasteiger partial charge is 0.361 e. The Morgan fingerprint density at radius 3 is 2.19 bits per heavy atom. The summed E-state index contributed by atoms with van der Waals surface area (Å²) in [4.78, 5) is 3.40. The molecule has 1 nitrogen and oxygen atoms in total. The van der Waals surface area contributed by atoms with Crippen molar-refractivity contribution in [3.63, 3.8) is 0 Å². The topological polar surface area (TPSA) is 15.8 Å².